The van der Waals surface area contributed by atoms with Crippen LogP contribution in [0.2, 0.25) is 0 Å². The highest BCUT2D eigenvalue weighted by Gasteiger charge is 2.15. The minimum atomic E-state index is 0.322. The second-order valence-electron chi connectivity index (χ2n) is 6.24. The summed E-state index contributed by atoms with van der Waals surface area (Å²) in [5.41, 5.74) is 3.64. The Bertz CT molecular complexity index is 674. The van der Waals surface area contributed by atoms with Crippen molar-refractivity contribution in [1.29, 1.82) is 0 Å². The van der Waals surface area contributed by atoms with Crippen LogP contribution in [-0.4, -0.2) is 35.1 Å². The zero-order valence-electron chi connectivity index (χ0n) is 13.4. The molecule has 2 aliphatic rings. The van der Waals surface area contributed by atoms with Crippen molar-refractivity contribution in [3.05, 3.63) is 41.2 Å². The second-order valence-corrected chi connectivity index (χ2v) is 6.24. The summed E-state index contributed by atoms with van der Waals surface area (Å²) in [6, 6.07) is 8.35. The van der Waals surface area contributed by atoms with Gasteiger partial charge in [0.25, 0.3) is 0 Å². The Kier molecular flexibility index (Phi) is 3.93. The highest BCUT2D eigenvalue weighted by atomic mass is 16.7. The van der Waals surface area contributed by atoms with Gasteiger partial charge in [-0.15, -0.1) is 0 Å². The number of aryl methyl sites for hydroxylation is 1. The first-order valence-electron chi connectivity index (χ1n) is 8.11. The van der Waals surface area contributed by atoms with Crippen LogP contribution in [0.4, 0.5) is 0 Å². The van der Waals surface area contributed by atoms with E-state index in [1.54, 1.807) is 0 Å². The molecule has 0 radical (unpaired) electrons. The number of aromatic nitrogens is 2. The van der Waals surface area contributed by atoms with Crippen molar-refractivity contribution in [2.45, 2.75) is 32.6 Å². The summed E-state index contributed by atoms with van der Waals surface area (Å²) >= 11 is 0. The molecule has 6 heteroatoms. The molecular weight excluding hydrogens is 292 g/mol. The van der Waals surface area contributed by atoms with E-state index in [2.05, 4.69) is 40.1 Å². The van der Waals surface area contributed by atoms with Crippen molar-refractivity contribution in [3.8, 4) is 11.5 Å². The molecule has 1 aromatic carbocycles. The van der Waals surface area contributed by atoms with Crippen LogP contribution in [0.15, 0.2) is 24.3 Å². The van der Waals surface area contributed by atoms with Crippen LogP contribution in [0.25, 0.3) is 0 Å². The molecule has 0 spiro atoms. The number of hydrogen-bond acceptors (Lipinski definition) is 5. The zero-order valence-corrected chi connectivity index (χ0v) is 13.4. The minimum Gasteiger partial charge on any atom is -0.454 e. The first-order valence-corrected chi connectivity index (χ1v) is 8.11. The van der Waals surface area contributed by atoms with E-state index in [1.807, 2.05) is 6.07 Å². The van der Waals surface area contributed by atoms with Gasteiger partial charge in [0.15, 0.2) is 11.5 Å². The monoisotopic (exact) mass is 314 g/mol. The Morgan fingerprint density at radius 2 is 2.13 bits per heavy atom. The number of rotatable bonds is 4. The third-order valence-corrected chi connectivity index (χ3v) is 4.26. The third kappa shape index (κ3) is 3.18. The molecule has 3 heterocycles. The molecule has 4 rings (SSSR count). The van der Waals surface area contributed by atoms with Crippen molar-refractivity contribution in [2.75, 3.05) is 20.4 Å². The molecule has 1 aromatic heterocycles. The number of ether oxygens (including phenoxy) is 2. The molecule has 122 valence electrons. The van der Waals surface area contributed by atoms with Gasteiger partial charge in [-0.1, -0.05) is 6.07 Å². The number of fused-ring (bicyclic) bond motifs is 2. The molecule has 0 saturated carbocycles. The standard InChI is InChI=1S/C17H22N4O2/c1-20(10-13-3-4-16-17(7-13)23-12-22-16)11-14-8-15-9-18-5-2-6-21(15)19-14/h3-4,7-8,18H,2,5-6,9-12H2,1H3. The van der Waals surface area contributed by atoms with E-state index in [0.29, 0.717) is 6.79 Å². The van der Waals surface area contributed by atoms with E-state index < -0.39 is 0 Å². The van der Waals surface area contributed by atoms with Gasteiger partial charge < -0.3 is 14.8 Å². The SMILES string of the molecule is CN(Cc1ccc2c(c1)OCO2)Cc1cc2n(n1)CCCNC2. The molecule has 0 atom stereocenters. The third-order valence-electron chi connectivity index (χ3n) is 4.26. The Labute approximate surface area is 136 Å². The molecule has 0 unspecified atom stereocenters. The van der Waals surface area contributed by atoms with Crippen molar-refractivity contribution in [2.24, 2.45) is 0 Å². The van der Waals surface area contributed by atoms with Crippen molar-refractivity contribution in [1.82, 2.24) is 20.0 Å². The Morgan fingerprint density at radius 1 is 1.22 bits per heavy atom. The first-order chi connectivity index (χ1) is 11.3. The van der Waals surface area contributed by atoms with Gasteiger partial charge in [-0.05, 0) is 43.8 Å². The van der Waals surface area contributed by atoms with E-state index in [4.69, 9.17) is 14.6 Å². The molecule has 2 aliphatic heterocycles. The minimum absolute atomic E-state index is 0.322. The average molecular weight is 314 g/mol. The van der Waals surface area contributed by atoms with Crippen LogP contribution < -0.4 is 14.8 Å². The number of nitrogens with zero attached hydrogens (tertiary/aromatic N) is 3. The van der Waals surface area contributed by atoms with Crippen LogP contribution >= 0.6 is 0 Å². The van der Waals surface area contributed by atoms with Gasteiger partial charge in [-0.25, -0.2) is 0 Å². The fraction of sp³-hybridized carbons (Fsp3) is 0.471. The molecule has 23 heavy (non-hydrogen) atoms. The molecule has 0 amide bonds. The van der Waals surface area contributed by atoms with Gasteiger partial charge in [0.05, 0.1) is 11.4 Å². The summed E-state index contributed by atoms with van der Waals surface area (Å²) in [7, 11) is 2.12. The van der Waals surface area contributed by atoms with Crippen molar-refractivity contribution >= 4 is 0 Å². The smallest absolute Gasteiger partial charge is 0.231 e. The highest BCUT2D eigenvalue weighted by molar-refractivity contribution is 5.44. The number of nitrogens with one attached hydrogen (secondary N) is 1. The summed E-state index contributed by atoms with van der Waals surface area (Å²) < 4.78 is 12.9. The van der Waals surface area contributed by atoms with E-state index in [1.165, 1.54) is 11.3 Å². The lowest BCUT2D eigenvalue weighted by atomic mass is 10.2. The summed E-state index contributed by atoms with van der Waals surface area (Å²) in [5, 5.41) is 8.17. The Hall–Kier alpha value is -2.05. The lowest BCUT2D eigenvalue weighted by molar-refractivity contribution is 0.174. The molecule has 0 fully saturated rings. The molecule has 1 N–H and O–H groups in total. The summed E-state index contributed by atoms with van der Waals surface area (Å²) in [5.74, 6) is 1.68. The van der Waals surface area contributed by atoms with Gasteiger partial charge >= 0.3 is 0 Å². The largest absolute Gasteiger partial charge is 0.454 e. The van der Waals surface area contributed by atoms with Gasteiger partial charge in [0, 0.05) is 26.2 Å². The predicted molar refractivity (Wildman–Crippen MR) is 86.3 cm³/mol. The molecular formula is C17H22N4O2. The maximum atomic E-state index is 5.44. The van der Waals surface area contributed by atoms with Crippen LogP contribution in [0.1, 0.15) is 23.4 Å². The van der Waals surface area contributed by atoms with Crippen LogP contribution in [0, 0.1) is 0 Å². The van der Waals surface area contributed by atoms with Crippen molar-refractivity contribution < 1.29 is 9.47 Å². The van der Waals surface area contributed by atoms with E-state index in [-0.39, 0.29) is 0 Å². The fourth-order valence-electron chi connectivity index (χ4n) is 3.18. The molecule has 2 aromatic rings. The average Bonchev–Trinajstić information content (AvgIpc) is 3.08. The quantitative estimate of drug-likeness (QED) is 0.931. The van der Waals surface area contributed by atoms with E-state index in [0.717, 1.165) is 56.3 Å². The normalized spacial score (nSPS) is 16.4. The summed E-state index contributed by atoms with van der Waals surface area (Å²) in [6.45, 7) is 5.02. The van der Waals surface area contributed by atoms with E-state index >= 15 is 0 Å². The second kappa shape index (κ2) is 6.22. The van der Waals surface area contributed by atoms with E-state index in [9.17, 15) is 0 Å². The molecule has 0 saturated heterocycles. The predicted octanol–water partition coefficient (Wildman–Crippen LogP) is 1.74. The highest BCUT2D eigenvalue weighted by Crippen LogP contribution is 2.32. The van der Waals surface area contributed by atoms with Gasteiger partial charge in [0.1, 0.15) is 0 Å². The van der Waals surface area contributed by atoms with Crippen LogP contribution in [0.3, 0.4) is 0 Å². The topological polar surface area (TPSA) is 51.6 Å². The maximum Gasteiger partial charge on any atom is 0.231 e. The maximum absolute atomic E-state index is 5.44. The Morgan fingerprint density at radius 3 is 3.09 bits per heavy atom. The van der Waals surface area contributed by atoms with Gasteiger partial charge in [-0.2, -0.15) is 5.10 Å². The fourth-order valence-corrected chi connectivity index (χ4v) is 3.18. The molecule has 0 bridgehead atoms. The summed E-state index contributed by atoms with van der Waals surface area (Å²) in [4.78, 5) is 2.27. The van der Waals surface area contributed by atoms with Gasteiger partial charge in [-0.3, -0.25) is 9.58 Å². The molecule has 6 nitrogen and oxygen atoms in total. The lowest BCUT2D eigenvalue weighted by Gasteiger charge is -2.15. The number of hydrogen-bond donors (Lipinski definition) is 1. The Balaban J connectivity index is 1.41. The van der Waals surface area contributed by atoms with Crippen molar-refractivity contribution in [3.63, 3.8) is 0 Å². The van der Waals surface area contributed by atoms with Crippen LogP contribution in [-0.2, 0) is 26.2 Å². The zero-order chi connectivity index (χ0) is 15.6. The van der Waals surface area contributed by atoms with Crippen LogP contribution in [0.5, 0.6) is 11.5 Å². The first kappa shape index (κ1) is 14.5. The van der Waals surface area contributed by atoms with Gasteiger partial charge in [0.2, 0.25) is 6.79 Å². The lowest BCUT2D eigenvalue weighted by Crippen LogP contribution is -2.18. The molecule has 0 aliphatic carbocycles. The summed E-state index contributed by atoms with van der Waals surface area (Å²) in [6.07, 6.45) is 1.14. The number of benzene rings is 1.